The molecule has 0 radical (unpaired) electrons. The first-order valence-corrected chi connectivity index (χ1v) is 7.72. The topological polar surface area (TPSA) is 32.9 Å². The first-order valence-electron chi connectivity index (χ1n) is 7.34. The fourth-order valence-corrected chi connectivity index (χ4v) is 2.81. The molecule has 0 aliphatic heterocycles. The van der Waals surface area contributed by atoms with Gasteiger partial charge in [-0.2, -0.15) is 0 Å². The van der Waals surface area contributed by atoms with Gasteiger partial charge in [0.1, 0.15) is 5.78 Å². The number of benzene rings is 1. The van der Waals surface area contributed by atoms with Crippen molar-refractivity contribution in [2.75, 3.05) is 0 Å². The molecule has 1 N–H and O–H groups in total. The van der Waals surface area contributed by atoms with Crippen LogP contribution in [0.3, 0.4) is 0 Å². The number of fused-ring (bicyclic) bond motifs is 1. The van der Waals surface area contributed by atoms with Crippen LogP contribution in [0.4, 0.5) is 0 Å². The van der Waals surface area contributed by atoms with Gasteiger partial charge in [-0.05, 0) is 23.1 Å². The Hall–Kier alpha value is -1.28. The second-order valence-electron chi connectivity index (χ2n) is 7.77. The number of aromatic nitrogens is 1. The Labute approximate surface area is 131 Å². The Morgan fingerprint density at radius 2 is 1.76 bits per heavy atom. The molecule has 3 heteroatoms. The number of H-pyrrole nitrogens is 1. The zero-order valence-corrected chi connectivity index (χ0v) is 14.5. The van der Waals surface area contributed by atoms with Gasteiger partial charge in [-0.25, -0.2) is 0 Å². The summed E-state index contributed by atoms with van der Waals surface area (Å²) < 4.78 is 0. The Morgan fingerprint density at radius 1 is 1.14 bits per heavy atom. The maximum Gasteiger partial charge on any atom is 0.144 e. The van der Waals surface area contributed by atoms with E-state index in [0.717, 1.165) is 16.6 Å². The van der Waals surface area contributed by atoms with Crippen molar-refractivity contribution in [2.24, 2.45) is 5.41 Å². The number of ketones is 1. The maximum absolute atomic E-state index is 12.4. The molecule has 0 amide bonds. The number of carbonyl (C=O) groups is 1. The average Bonchev–Trinajstić information content (AvgIpc) is 2.64. The number of carbonyl (C=O) groups excluding carboxylic acids is 1. The van der Waals surface area contributed by atoms with E-state index in [1.54, 1.807) is 0 Å². The van der Waals surface area contributed by atoms with Crippen LogP contribution in [0.1, 0.15) is 52.8 Å². The van der Waals surface area contributed by atoms with Gasteiger partial charge in [-0.15, -0.1) is 0 Å². The van der Waals surface area contributed by atoms with Gasteiger partial charge in [-0.1, -0.05) is 59.2 Å². The standard InChI is InChI=1S/C18H24ClNO/c1-17(2,3)15(21)10-14-16(18(4,5)6)12-8-7-11(19)9-13(12)20-14/h7-9,20H,10H2,1-6H3. The van der Waals surface area contributed by atoms with Crippen LogP contribution in [-0.4, -0.2) is 10.8 Å². The van der Waals surface area contributed by atoms with Crippen molar-refractivity contribution in [3.63, 3.8) is 0 Å². The minimum Gasteiger partial charge on any atom is -0.358 e. The van der Waals surface area contributed by atoms with Crippen molar-refractivity contribution in [1.82, 2.24) is 4.98 Å². The summed E-state index contributed by atoms with van der Waals surface area (Å²) in [6.07, 6.45) is 0.433. The van der Waals surface area contributed by atoms with Crippen molar-refractivity contribution in [1.29, 1.82) is 0 Å². The number of aromatic amines is 1. The summed E-state index contributed by atoms with van der Waals surface area (Å²) in [5.74, 6) is 0.241. The van der Waals surface area contributed by atoms with Gasteiger partial charge in [0.05, 0.1) is 0 Å². The first-order chi connectivity index (χ1) is 9.50. The van der Waals surface area contributed by atoms with Gasteiger partial charge in [-0.3, -0.25) is 4.79 Å². The highest BCUT2D eigenvalue weighted by Crippen LogP contribution is 2.35. The highest BCUT2D eigenvalue weighted by atomic mass is 35.5. The van der Waals surface area contributed by atoms with E-state index in [-0.39, 0.29) is 16.6 Å². The van der Waals surface area contributed by atoms with E-state index in [4.69, 9.17) is 11.6 Å². The van der Waals surface area contributed by atoms with Crippen LogP contribution in [0.25, 0.3) is 10.9 Å². The molecule has 1 aromatic heterocycles. The lowest BCUT2D eigenvalue weighted by Gasteiger charge is -2.22. The minimum absolute atomic E-state index is 0.0282. The molecule has 0 saturated carbocycles. The predicted molar refractivity (Wildman–Crippen MR) is 90.2 cm³/mol. The van der Waals surface area contributed by atoms with Crippen LogP contribution in [0, 0.1) is 5.41 Å². The van der Waals surface area contributed by atoms with Crippen LogP contribution in [0.5, 0.6) is 0 Å². The molecule has 2 nitrogen and oxygen atoms in total. The van der Waals surface area contributed by atoms with Crippen molar-refractivity contribution in [2.45, 2.75) is 53.4 Å². The number of nitrogens with one attached hydrogen (secondary N) is 1. The summed E-state index contributed by atoms with van der Waals surface area (Å²) in [5.41, 5.74) is 2.87. The second-order valence-corrected chi connectivity index (χ2v) is 8.20. The molecule has 0 aliphatic rings. The van der Waals surface area contributed by atoms with Gasteiger partial charge in [0, 0.05) is 33.5 Å². The number of hydrogen-bond donors (Lipinski definition) is 1. The van der Waals surface area contributed by atoms with Gasteiger partial charge < -0.3 is 4.98 Å². The SMILES string of the molecule is CC(C)(C)C(=O)Cc1[nH]c2cc(Cl)ccc2c1C(C)(C)C. The molecule has 0 bridgehead atoms. The van der Waals surface area contributed by atoms with Crippen molar-refractivity contribution in [3.8, 4) is 0 Å². The summed E-state index contributed by atoms with van der Waals surface area (Å²) in [7, 11) is 0. The fourth-order valence-electron chi connectivity index (χ4n) is 2.64. The normalized spacial score (nSPS) is 12.9. The first kappa shape index (κ1) is 16.1. The van der Waals surface area contributed by atoms with Gasteiger partial charge in [0.2, 0.25) is 0 Å². The lowest BCUT2D eigenvalue weighted by molar-refractivity contribution is -0.125. The van der Waals surface area contributed by atoms with Crippen molar-refractivity contribution in [3.05, 3.63) is 34.5 Å². The second kappa shape index (κ2) is 5.17. The maximum atomic E-state index is 12.4. The van der Waals surface area contributed by atoms with Crippen LogP contribution in [0.2, 0.25) is 5.02 Å². The highest BCUT2D eigenvalue weighted by Gasteiger charge is 2.28. The van der Waals surface area contributed by atoms with E-state index in [9.17, 15) is 4.79 Å². The number of Topliss-reactive ketones (excluding diaryl/α,β-unsaturated/α-hetero) is 1. The van der Waals surface area contributed by atoms with Crippen LogP contribution < -0.4 is 0 Å². The smallest absolute Gasteiger partial charge is 0.144 e. The molecule has 1 heterocycles. The number of hydrogen-bond acceptors (Lipinski definition) is 1. The van der Waals surface area contributed by atoms with Gasteiger partial charge in [0.25, 0.3) is 0 Å². The molecule has 0 saturated heterocycles. The lowest BCUT2D eigenvalue weighted by atomic mass is 9.81. The molecule has 0 unspecified atom stereocenters. The Morgan fingerprint density at radius 3 is 2.29 bits per heavy atom. The minimum atomic E-state index is -0.329. The molecule has 0 aliphatic carbocycles. The molecular weight excluding hydrogens is 282 g/mol. The monoisotopic (exact) mass is 305 g/mol. The third-order valence-electron chi connectivity index (χ3n) is 3.76. The van der Waals surface area contributed by atoms with Crippen LogP contribution in [0.15, 0.2) is 18.2 Å². The Bertz CT molecular complexity index is 684. The summed E-state index contributed by atoms with van der Waals surface area (Å²) in [6, 6.07) is 5.87. The van der Waals surface area contributed by atoms with Gasteiger partial charge >= 0.3 is 0 Å². The molecular formula is C18H24ClNO. The Kier molecular flexibility index (Phi) is 3.96. The Balaban J connectivity index is 2.60. The summed E-state index contributed by atoms with van der Waals surface area (Å²) >= 11 is 6.09. The molecule has 0 fully saturated rings. The van der Waals surface area contributed by atoms with Gasteiger partial charge in [0.15, 0.2) is 0 Å². The van der Waals surface area contributed by atoms with E-state index in [2.05, 4.69) is 25.8 Å². The van der Waals surface area contributed by atoms with E-state index >= 15 is 0 Å². The third-order valence-corrected chi connectivity index (χ3v) is 4.00. The number of halogens is 1. The summed E-state index contributed by atoms with van der Waals surface area (Å²) in [5, 5.41) is 1.86. The molecule has 2 rings (SSSR count). The number of rotatable bonds is 2. The van der Waals surface area contributed by atoms with Crippen LogP contribution in [-0.2, 0) is 16.6 Å². The zero-order chi connectivity index (χ0) is 16.0. The molecule has 2 aromatic rings. The van der Waals surface area contributed by atoms with E-state index in [0.29, 0.717) is 11.4 Å². The van der Waals surface area contributed by atoms with E-state index in [1.807, 2.05) is 39.0 Å². The van der Waals surface area contributed by atoms with E-state index < -0.39 is 0 Å². The molecule has 0 spiro atoms. The molecule has 21 heavy (non-hydrogen) atoms. The van der Waals surface area contributed by atoms with Crippen LogP contribution >= 0.6 is 11.6 Å². The summed E-state index contributed by atoms with van der Waals surface area (Å²) in [4.78, 5) is 15.8. The molecule has 0 atom stereocenters. The van der Waals surface area contributed by atoms with Crippen molar-refractivity contribution >= 4 is 28.3 Å². The summed E-state index contributed by atoms with van der Waals surface area (Å²) in [6.45, 7) is 12.4. The largest absolute Gasteiger partial charge is 0.358 e. The quantitative estimate of drug-likeness (QED) is 0.804. The average molecular weight is 306 g/mol. The third kappa shape index (κ3) is 3.32. The predicted octanol–water partition coefficient (Wildman–Crippen LogP) is 5.28. The van der Waals surface area contributed by atoms with Crippen molar-refractivity contribution < 1.29 is 4.79 Å². The fraction of sp³-hybridized carbons (Fsp3) is 0.500. The zero-order valence-electron chi connectivity index (χ0n) is 13.7. The lowest BCUT2D eigenvalue weighted by Crippen LogP contribution is -2.24. The highest BCUT2D eigenvalue weighted by molar-refractivity contribution is 6.31. The molecule has 114 valence electrons. The van der Waals surface area contributed by atoms with E-state index in [1.165, 1.54) is 5.56 Å². The molecule has 1 aromatic carbocycles.